The molecule has 0 atom stereocenters. The van der Waals surface area contributed by atoms with E-state index in [1.807, 2.05) is 41.1 Å². The fourth-order valence-corrected chi connectivity index (χ4v) is 2.61. The van der Waals surface area contributed by atoms with E-state index < -0.39 is 0 Å². The van der Waals surface area contributed by atoms with Crippen LogP contribution < -0.4 is 4.74 Å². The van der Waals surface area contributed by atoms with Gasteiger partial charge in [0, 0.05) is 18.0 Å². The molecule has 114 valence electrons. The van der Waals surface area contributed by atoms with Gasteiger partial charge in [0.1, 0.15) is 11.4 Å². The standard InChI is InChI=1S/C18H20N2O2/c1-12(2)15-9-14(4-5-17(15)22-3)16-10-20-7-6-13(11-21)8-18(20)19-16/h4-10,12,21H,11H2,1-3H3. The third-order valence-electron chi connectivity index (χ3n) is 3.85. The minimum absolute atomic E-state index is 0.0265. The SMILES string of the molecule is COc1ccc(-c2cn3ccc(CO)cc3n2)cc1C(C)C. The van der Waals surface area contributed by atoms with E-state index in [1.165, 1.54) is 5.56 Å². The lowest BCUT2D eigenvalue weighted by Gasteiger charge is -2.12. The molecule has 0 saturated carbocycles. The first kappa shape index (κ1) is 14.6. The van der Waals surface area contributed by atoms with Crippen molar-refractivity contribution in [1.82, 2.24) is 9.38 Å². The largest absolute Gasteiger partial charge is 0.496 e. The van der Waals surface area contributed by atoms with Crippen molar-refractivity contribution in [2.75, 3.05) is 7.11 Å². The molecule has 4 heteroatoms. The minimum Gasteiger partial charge on any atom is -0.496 e. The molecule has 2 heterocycles. The van der Waals surface area contributed by atoms with Gasteiger partial charge < -0.3 is 14.2 Å². The van der Waals surface area contributed by atoms with Crippen molar-refractivity contribution >= 4 is 5.65 Å². The highest BCUT2D eigenvalue weighted by Crippen LogP contribution is 2.31. The number of fused-ring (bicyclic) bond motifs is 1. The van der Waals surface area contributed by atoms with E-state index in [1.54, 1.807) is 7.11 Å². The fourth-order valence-electron chi connectivity index (χ4n) is 2.61. The van der Waals surface area contributed by atoms with Crippen LogP contribution in [-0.4, -0.2) is 21.6 Å². The van der Waals surface area contributed by atoms with Crippen LogP contribution >= 0.6 is 0 Å². The molecular formula is C18H20N2O2. The summed E-state index contributed by atoms with van der Waals surface area (Å²) in [5.74, 6) is 1.29. The van der Waals surface area contributed by atoms with Crippen molar-refractivity contribution in [2.45, 2.75) is 26.4 Å². The van der Waals surface area contributed by atoms with Crippen molar-refractivity contribution in [1.29, 1.82) is 0 Å². The number of methoxy groups -OCH3 is 1. The molecule has 1 N–H and O–H groups in total. The molecule has 22 heavy (non-hydrogen) atoms. The highest BCUT2D eigenvalue weighted by atomic mass is 16.5. The zero-order valence-corrected chi connectivity index (χ0v) is 13.1. The Morgan fingerprint density at radius 2 is 2.05 bits per heavy atom. The highest BCUT2D eigenvalue weighted by Gasteiger charge is 2.11. The highest BCUT2D eigenvalue weighted by molar-refractivity contribution is 5.65. The average Bonchev–Trinajstić information content (AvgIpc) is 2.96. The Morgan fingerprint density at radius 1 is 1.23 bits per heavy atom. The lowest BCUT2D eigenvalue weighted by Crippen LogP contribution is -1.94. The Hall–Kier alpha value is -2.33. The van der Waals surface area contributed by atoms with E-state index in [0.29, 0.717) is 5.92 Å². The third-order valence-corrected chi connectivity index (χ3v) is 3.85. The summed E-state index contributed by atoms with van der Waals surface area (Å²) in [7, 11) is 1.70. The van der Waals surface area contributed by atoms with Crippen LogP contribution in [0.25, 0.3) is 16.9 Å². The van der Waals surface area contributed by atoms with Gasteiger partial charge in [-0.1, -0.05) is 13.8 Å². The van der Waals surface area contributed by atoms with E-state index in [4.69, 9.17) is 4.74 Å². The first-order chi connectivity index (χ1) is 10.6. The zero-order valence-electron chi connectivity index (χ0n) is 13.1. The van der Waals surface area contributed by atoms with Crippen LogP contribution in [0.1, 0.15) is 30.9 Å². The summed E-state index contributed by atoms with van der Waals surface area (Å²) in [5.41, 5.74) is 4.86. The number of imidazole rings is 1. The normalized spacial score (nSPS) is 11.3. The molecule has 0 aliphatic carbocycles. The van der Waals surface area contributed by atoms with E-state index >= 15 is 0 Å². The molecule has 0 bridgehead atoms. The van der Waals surface area contributed by atoms with E-state index in [9.17, 15) is 5.11 Å². The van der Waals surface area contributed by atoms with Crippen LogP contribution in [0, 0.1) is 0 Å². The number of hydrogen-bond donors (Lipinski definition) is 1. The third kappa shape index (κ3) is 2.57. The van der Waals surface area contributed by atoms with Crippen molar-refractivity contribution < 1.29 is 9.84 Å². The van der Waals surface area contributed by atoms with Crippen molar-refractivity contribution in [2.24, 2.45) is 0 Å². The maximum absolute atomic E-state index is 9.23. The molecule has 0 aliphatic heterocycles. The maximum atomic E-state index is 9.23. The molecule has 1 aromatic carbocycles. The first-order valence-corrected chi connectivity index (χ1v) is 7.39. The molecule has 0 amide bonds. The second-order valence-electron chi connectivity index (χ2n) is 5.70. The quantitative estimate of drug-likeness (QED) is 0.799. The van der Waals surface area contributed by atoms with Crippen LogP contribution in [0.2, 0.25) is 0 Å². The van der Waals surface area contributed by atoms with Gasteiger partial charge in [-0.05, 0) is 47.4 Å². The van der Waals surface area contributed by atoms with E-state index in [2.05, 4.69) is 24.9 Å². The van der Waals surface area contributed by atoms with Gasteiger partial charge in [-0.3, -0.25) is 0 Å². The number of ether oxygens (including phenoxy) is 1. The maximum Gasteiger partial charge on any atom is 0.137 e. The van der Waals surface area contributed by atoms with Gasteiger partial charge in [-0.2, -0.15) is 0 Å². The fraction of sp³-hybridized carbons (Fsp3) is 0.278. The van der Waals surface area contributed by atoms with Gasteiger partial charge in [0.2, 0.25) is 0 Å². The smallest absolute Gasteiger partial charge is 0.137 e. The molecule has 3 rings (SSSR count). The van der Waals surface area contributed by atoms with Gasteiger partial charge in [0.25, 0.3) is 0 Å². The van der Waals surface area contributed by atoms with Crippen molar-refractivity contribution in [3.8, 4) is 17.0 Å². The van der Waals surface area contributed by atoms with Gasteiger partial charge >= 0.3 is 0 Å². The number of aromatic nitrogens is 2. The van der Waals surface area contributed by atoms with Crippen LogP contribution in [0.15, 0.2) is 42.7 Å². The van der Waals surface area contributed by atoms with Crippen molar-refractivity contribution in [3.63, 3.8) is 0 Å². The molecule has 0 unspecified atom stereocenters. The summed E-state index contributed by atoms with van der Waals surface area (Å²) in [6.07, 6.45) is 3.92. The summed E-state index contributed by atoms with van der Waals surface area (Å²) < 4.78 is 7.40. The van der Waals surface area contributed by atoms with E-state index in [0.717, 1.165) is 28.2 Å². The Morgan fingerprint density at radius 3 is 2.73 bits per heavy atom. The van der Waals surface area contributed by atoms with Crippen LogP contribution in [0.5, 0.6) is 5.75 Å². The number of hydrogen-bond acceptors (Lipinski definition) is 3. The van der Waals surface area contributed by atoms with Gasteiger partial charge in [0.05, 0.1) is 19.4 Å². The van der Waals surface area contributed by atoms with E-state index in [-0.39, 0.29) is 6.61 Å². The van der Waals surface area contributed by atoms with Crippen LogP contribution in [-0.2, 0) is 6.61 Å². The number of pyridine rings is 1. The molecule has 0 fully saturated rings. The average molecular weight is 296 g/mol. The molecule has 0 radical (unpaired) electrons. The second kappa shape index (κ2) is 5.81. The molecule has 0 spiro atoms. The second-order valence-corrected chi connectivity index (χ2v) is 5.70. The number of nitrogens with zero attached hydrogens (tertiary/aromatic N) is 2. The summed E-state index contributed by atoms with van der Waals surface area (Å²) in [6, 6.07) is 9.95. The number of aliphatic hydroxyl groups is 1. The molecule has 3 aromatic rings. The predicted octanol–water partition coefficient (Wildman–Crippen LogP) is 3.63. The molecule has 0 saturated heterocycles. The van der Waals surface area contributed by atoms with Crippen LogP contribution in [0.4, 0.5) is 0 Å². The summed E-state index contributed by atoms with van der Waals surface area (Å²) in [5, 5.41) is 9.23. The number of aliphatic hydroxyl groups excluding tert-OH is 1. The summed E-state index contributed by atoms with van der Waals surface area (Å²) in [6.45, 7) is 4.33. The van der Waals surface area contributed by atoms with Gasteiger partial charge in [0.15, 0.2) is 0 Å². The molecule has 0 aliphatic rings. The zero-order chi connectivity index (χ0) is 15.7. The predicted molar refractivity (Wildman–Crippen MR) is 87.2 cm³/mol. The van der Waals surface area contributed by atoms with Gasteiger partial charge in [-0.15, -0.1) is 0 Å². The monoisotopic (exact) mass is 296 g/mol. The topological polar surface area (TPSA) is 46.8 Å². The minimum atomic E-state index is 0.0265. The Balaban J connectivity index is 2.08. The lowest BCUT2D eigenvalue weighted by atomic mass is 9.98. The molecule has 2 aromatic heterocycles. The molecule has 4 nitrogen and oxygen atoms in total. The van der Waals surface area contributed by atoms with Gasteiger partial charge in [-0.25, -0.2) is 4.98 Å². The summed E-state index contributed by atoms with van der Waals surface area (Å²) >= 11 is 0. The molecular weight excluding hydrogens is 276 g/mol. The first-order valence-electron chi connectivity index (χ1n) is 7.39. The lowest BCUT2D eigenvalue weighted by molar-refractivity contribution is 0.282. The Labute approximate surface area is 130 Å². The summed E-state index contributed by atoms with van der Waals surface area (Å²) in [4.78, 5) is 4.66. The Kier molecular flexibility index (Phi) is 3.86. The number of rotatable bonds is 4. The van der Waals surface area contributed by atoms with Crippen molar-refractivity contribution in [3.05, 3.63) is 53.9 Å². The van der Waals surface area contributed by atoms with Crippen LogP contribution in [0.3, 0.4) is 0 Å². The Bertz CT molecular complexity index is 806. The number of benzene rings is 1.